The number of hydrogen-bond donors (Lipinski definition) is 0. The van der Waals surface area contributed by atoms with Gasteiger partial charge in [0.15, 0.2) is 0 Å². The van der Waals surface area contributed by atoms with Crippen molar-refractivity contribution in [3.05, 3.63) is 42.0 Å². The molecule has 2 atom stereocenters. The van der Waals surface area contributed by atoms with E-state index in [1.54, 1.807) is 0 Å². The van der Waals surface area contributed by atoms with Crippen LogP contribution in [0.2, 0.25) is 0 Å². The van der Waals surface area contributed by atoms with Crippen LogP contribution in [0.25, 0.3) is 6.08 Å². The van der Waals surface area contributed by atoms with Gasteiger partial charge in [0.05, 0.1) is 0 Å². The first-order chi connectivity index (χ1) is 8.40. The van der Waals surface area contributed by atoms with E-state index >= 15 is 0 Å². The number of allylic oxidation sites excluding steroid dienone is 1. The second-order valence-corrected chi connectivity index (χ2v) is 5.28. The van der Waals surface area contributed by atoms with E-state index in [1.807, 2.05) is 0 Å². The van der Waals surface area contributed by atoms with E-state index in [1.165, 1.54) is 44.1 Å². The molecule has 1 aliphatic carbocycles. The molecule has 0 heteroatoms. The van der Waals surface area contributed by atoms with Crippen molar-refractivity contribution >= 4 is 6.08 Å². The average Bonchev–Trinajstić information content (AvgIpc) is 3.12. The highest BCUT2D eigenvalue weighted by molar-refractivity contribution is 5.49. The molecule has 0 aromatic heterocycles. The molecule has 0 bridgehead atoms. The number of hydrogen-bond acceptors (Lipinski definition) is 0. The molecule has 0 saturated heterocycles. The summed E-state index contributed by atoms with van der Waals surface area (Å²) in [6.07, 6.45) is 13.2. The molecule has 1 aromatic rings. The SMILES string of the molecule is CCCCCC[C@@H]1C[C@H]1/C=C\c1ccccc1. The molecule has 0 unspecified atom stereocenters. The zero-order valence-corrected chi connectivity index (χ0v) is 10.9. The summed E-state index contributed by atoms with van der Waals surface area (Å²) in [5.74, 6) is 1.86. The van der Waals surface area contributed by atoms with Crippen molar-refractivity contribution in [1.82, 2.24) is 0 Å². The van der Waals surface area contributed by atoms with Crippen molar-refractivity contribution in [2.24, 2.45) is 11.8 Å². The van der Waals surface area contributed by atoms with E-state index in [9.17, 15) is 0 Å². The van der Waals surface area contributed by atoms with Gasteiger partial charge in [-0.1, -0.05) is 75.1 Å². The third-order valence-electron chi connectivity index (χ3n) is 3.74. The molecule has 1 aromatic carbocycles. The Morgan fingerprint density at radius 3 is 2.71 bits per heavy atom. The second-order valence-electron chi connectivity index (χ2n) is 5.28. The highest BCUT2D eigenvalue weighted by atomic mass is 14.4. The van der Waals surface area contributed by atoms with Gasteiger partial charge in [-0.25, -0.2) is 0 Å². The maximum absolute atomic E-state index is 2.42. The quantitative estimate of drug-likeness (QED) is 0.555. The number of rotatable bonds is 7. The van der Waals surface area contributed by atoms with Gasteiger partial charge in [0, 0.05) is 0 Å². The number of benzene rings is 1. The van der Waals surface area contributed by atoms with E-state index in [2.05, 4.69) is 49.4 Å². The van der Waals surface area contributed by atoms with Crippen molar-refractivity contribution < 1.29 is 0 Å². The molecule has 0 amide bonds. The Labute approximate surface area is 106 Å². The predicted molar refractivity (Wildman–Crippen MR) is 75.8 cm³/mol. The van der Waals surface area contributed by atoms with E-state index in [-0.39, 0.29) is 0 Å². The van der Waals surface area contributed by atoms with Crippen molar-refractivity contribution in [2.75, 3.05) is 0 Å². The molecule has 1 aliphatic rings. The third-order valence-corrected chi connectivity index (χ3v) is 3.74. The molecule has 1 fully saturated rings. The molecule has 0 aliphatic heterocycles. The summed E-state index contributed by atoms with van der Waals surface area (Å²) in [4.78, 5) is 0. The van der Waals surface area contributed by atoms with Crippen molar-refractivity contribution in [3.8, 4) is 0 Å². The maximum atomic E-state index is 2.42. The minimum atomic E-state index is 0.872. The summed E-state index contributed by atoms with van der Waals surface area (Å²) >= 11 is 0. The van der Waals surface area contributed by atoms with Crippen LogP contribution in [0.3, 0.4) is 0 Å². The van der Waals surface area contributed by atoms with Gasteiger partial charge in [-0.15, -0.1) is 0 Å². The van der Waals surface area contributed by atoms with Crippen molar-refractivity contribution in [2.45, 2.75) is 45.4 Å². The van der Waals surface area contributed by atoms with Gasteiger partial charge in [-0.2, -0.15) is 0 Å². The van der Waals surface area contributed by atoms with Gasteiger partial charge < -0.3 is 0 Å². The first-order valence-corrected chi connectivity index (χ1v) is 7.13. The van der Waals surface area contributed by atoms with Crippen molar-refractivity contribution in [3.63, 3.8) is 0 Å². The standard InChI is InChI=1S/C17H24/c1-2-3-4-8-11-16-14-17(16)13-12-15-9-6-5-7-10-15/h5-7,9-10,12-13,16-17H,2-4,8,11,14H2,1H3/b13-12-/t16-,17-/m1/s1. The Balaban J connectivity index is 1.64. The van der Waals surface area contributed by atoms with Gasteiger partial charge in [0.1, 0.15) is 0 Å². The first kappa shape index (κ1) is 12.4. The molecule has 0 nitrogen and oxygen atoms in total. The van der Waals surface area contributed by atoms with E-state index in [0.29, 0.717) is 0 Å². The fraction of sp³-hybridized carbons (Fsp3) is 0.529. The smallest absolute Gasteiger partial charge is 0.0199 e. The molecule has 92 valence electrons. The minimum absolute atomic E-state index is 0.872. The van der Waals surface area contributed by atoms with E-state index in [0.717, 1.165) is 11.8 Å². The van der Waals surface area contributed by atoms with Gasteiger partial charge >= 0.3 is 0 Å². The molecule has 1 saturated carbocycles. The molecule has 0 N–H and O–H groups in total. The molecule has 17 heavy (non-hydrogen) atoms. The average molecular weight is 228 g/mol. The lowest BCUT2D eigenvalue weighted by molar-refractivity contribution is 0.585. The van der Waals surface area contributed by atoms with Crippen LogP contribution in [0.15, 0.2) is 36.4 Å². The summed E-state index contributed by atoms with van der Waals surface area (Å²) in [5.41, 5.74) is 1.34. The maximum Gasteiger partial charge on any atom is -0.0199 e. The normalized spacial score (nSPS) is 23.1. The van der Waals surface area contributed by atoms with Crippen molar-refractivity contribution in [1.29, 1.82) is 0 Å². The summed E-state index contributed by atoms with van der Waals surface area (Å²) < 4.78 is 0. The topological polar surface area (TPSA) is 0 Å². The van der Waals surface area contributed by atoms with Crippen LogP contribution >= 0.6 is 0 Å². The summed E-state index contributed by atoms with van der Waals surface area (Å²) in [5, 5.41) is 0. The molecule has 0 radical (unpaired) electrons. The third kappa shape index (κ3) is 4.38. The van der Waals surface area contributed by atoms with Crippen LogP contribution in [0, 0.1) is 11.8 Å². The van der Waals surface area contributed by atoms with Crippen LogP contribution < -0.4 is 0 Å². The van der Waals surface area contributed by atoms with Gasteiger partial charge in [0.25, 0.3) is 0 Å². The van der Waals surface area contributed by atoms with Crippen LogP contribution in [-0.2, 0) is 0 Å². The zero-order valence-electron chi connectivity index (χ0n) is 10.9. The highest BCUT2D eigenvalue weighted by Crippen LogP contribution is 2.43. The summed E-state index contributed by atoms with van der Waals surface area (Å²) in [6, 6.07) is 10.6. The van der Waals surface area contributed by atoms with E-state index < -0.39 is 0 Å². The Morgan fingerprint density at radius 2 is 1.94 bits per heavy atom. The molecule has 0 spiro atoms. The lowest BCUT2D eigenvalue weighted by Crippen LogP contribution is -1.82. The Kier molecular flexibility index (Phi) is 4.85. The van der Waals surface area contributed by atoms with Crippen LogP contribution in [0.4, 0.5) is 0 Å². The molecular formula is C17H24. The Morgan fingerprint density at radius 1 is 1.12 bits per heavy atom. The first-order valence-electron chi connectivity index (χ1n) is 7.13. The minimum Gasteiger partial charge on any atom is -0.0805 e. The lowest BCUT2D eigenvalue weighted by atomic mass is 10.1. The lowest BCUT2D eigenvalue weighted by Gasteiger charge is -1.97. The molecule has 0 heterocycles. The largest absolute Gasteiger partial charge is 0.0805 e. The Bertz CT molecular complexity index is 336. The van der Waals surface area contributed by atoms with Gasteiger partial charge in [-0.3, -0.25) is 0 Å². The zero-order chi connectivity index (χ0) is 11.9. The summed E-state index contributed by atoms with van der Waals surface area (Å²) in [6.45, 7) is 2.28. The fourth-order valence-electron chi connectivity index (χ4n) is 2.47. The molecule has 2 rings (SSSR count). The summed E-state index contributed by atoms with van der Waals surface area (Å²) in [7, 11) is 0. The van der Waals surface area contributed by atoms with Crippen LogP contribution in [-0.4, -0.2) is 0 Å². The molecular weight excluding hydrogens is 204 g/mol. The van der Waals surface area contributed by atoms with E-state index in [4.69, 9.17) is 0 Å². The van der Waals surface area contributed by atoms with Crippen LogP contribution in [0.1, 0.15) is 51.0 Å². The van der Waals surface area contributed by atoms with Gasteiger partial charge in [0.2, 0.25) is 0 Å². The number of unbranched alkanes of at least 4 members (excludes halogenated alkanes) is 3. The second kappa shape index (κ2) is 6.64. The predicted octanol–water partition coefficient (Wildman–Crippen LogP) is 5.31. The van der Waals surface area contributed by atoms with Gasteiger partial charge in [-0.05, 0) is 30.2 Å². The monoisotopic (exact) mass is 228 g/mol. The highest BCUT2D eigenvalue weighted by Gasteiger charge is 2.33. The van der Waals surface area contributed by atoms with Crippen LogP contribution in [0.5, 0.6) is 0 Å². The fourth-order valence-corrected chi connectivity index (χ4v) is 2.47. The Hall–Kier alpha value is -1.04.